The molecule has 1 aliphatic heterocycles. The number of hydrogen-bond donors (Lipinski definition) is 0. The Balaban J connectivity index is 2.55. The van der Waals surface area contributed by atoms with E-state index in [1.54, 1.807) is 24.3 Å². The van der Waals surface area contributed by atoms with E-state index < -0.39 is 0 Å². The van der Waals surface area contributed by atoms with Crippen LogP contribution in [0.25, 0.3) is 5.53 Å². The van der Waals surface area contributed by atoms with E-state index >= 15 is 0 Å². The quantitative estimate of drug-likeness (QED) is 0.394. The molecule has 0 fully saturated rings. The zero-order valence-corrected chi connectivity index (χ0v) is 6.49. The molecule has 6 nitrogen and oxygen atoms in total. The molecule has 0 bridgehead atoms. The standard InChI is InChI=1S/C7H4N6/c8-9-6-4-2-1-3-5(6)7-10-12-13-11-7/h1-4H. The fourth-order valence-corrected chi connectivity index (χ4v) is 1.00. The van der Waals surface area contributed by atoms with Gasteiger partial charge in [0.05, 0.1) is 0 Å². The van der Waals surface area contributed by atoms with E-state index in [1.165, 1.54) is 0 Å². The summed E-state index contributed by atoms with van der Waals surface area (Å²) in [6.07, 6.45) is 6.92. The zero-order chi connectivity index (χ0) is 9.10. The highest BCUT2D eigenvalue weighted by molar-refractivity contribution is 6.08. The largest absolute Gasteiger partial charge is 0.361 e. The molecule has 0 saturated carbocycles. The SMILES string of the molecule is [N-]=[N+]=C1C=CC=CC1=C1N=NN=N1. The molecule has 2 rings (SSSR count). The van der Waals surface area contributed by atoms with Crippen molar-refractivity contribution in [3.8, 4) is 0 Å². The van der Waals surface area contributed by atoms with Gasteiger partial charge in [-0.25, -0.2) is 0 Å². The Kier molecular flexibility index (Phi) is 1.74. The molecule has 6 heteroatoms. The van der Waals surface area contributed by atoms with E-state index in [0.29, 0.717) is 17.1 Å². The van der Waals surface area contributed by atoms with Crippen LogP contribution in [0.4, 0.5) is 0 Å². The Hall–Kier alpha value is -2.20. The van der Waals surface area contributed by atoms with Crippen LogP contribution in [0, 0.1) is 0 Å². The van der Waals surface area contributed by atoms with E-state index in [4.69, 9.17) is 5.53 Å². The topological polar surface area (TPSA) is 85.8 Å². The zero-order valence-electron chi connectivity index (χ0n) is 6.49. The summed E-state index contributed by atoms with van der Waals surface area (Å²) in [5.74, 6) is 0.355. The molecule has 0 spiro atoms. The van der Waals surface area contributed by atoms with Crippen molar-refractivity contribution in [1.82, 2.24) is 0 Å². The molecule has 0 atom stereocenters. The molecular weight excluding hydrogens is 168 g/mol. The van der Waals surface area contributed by atoms with Crippen molar-refractivity contribution in [3.63, 3.8) is 0 Å². The Morgan fingerprint density at radius 2 is 1.77 bits per heavy atom. The van der Waals surface area contributed by atoms with Crippen molar-refractivity contribution in [2.75, 3.05) is 0 Å². The van der Waals surface area contributed by atoms with E-state index in [2.05, 4.69) is 25.5 Å². The minimum absolute atomic E-state index is 0.355. The van der Waals surface area contributed by atoms with E-state index in [1.807, 2.05) is 0 Å². The summed E-state index contributed by atoms with van der Waals surface area (Å²) in [5.41, 5.74) is 9.65. The van der Waals surface area contributed by atoms with Crippen LogP contribution >= 0.6 is 0 Å². The van der Waals surface area contributed by atoms with Gasteiger partial charge in [-0.05, 0) is 16.5 Å². The molecule has 0 aromatic heterocycles. The second-order valence-corrected chi connectivity index (χ2v) is 2.32. The van der Waals surface area contributed by atoms with Gasteiger partial charge in [0, 0.05) is 6.08 Å². The van der Waals surface area contributed by atoms with Crippen LogP contribution in [-0.4, -0.2) is 10.5 Å². The molecule has 0 saturated heterocycles. The third-order valence-electron chi connectivity index (χ3n) is 1.57. The van der Waals surface area contributed by atoms with Gasteiger partial charge in [0.25, 0.3) is 0 Å². The third kappa shape index (κ3) is 1.25. The fourth-order valence-electron chi connectivity index (χ4n) is 1.00. The van der Waals surface area contributed by atoms with Gasteiger partial charge in [0.2, 0.25) is 5.82 Å². The molecule has 0 unspecified atom stereocenters. The van der Waals surface area contributed by atoms with Crippen molar-refractivity contribution in [2.45, 2.75) is 0 Å². The number of rotatable bonds is 0. The maximum absolute atomic E-state index is 8.65. The first-order valence-corrected chi connectivity index (χ1v) is 3.55. The summed E-state index contributed by atoms with van der Waals surface area (Å²) in [6.45, 7) is 0. The Morgan fingerprint density at radius 3 is 2.46 bits per heavy atom. The molecule has 0 radical (unpaired) electrons. The summed E-state index contributed by atoms with van der Waals surface area (Å²) in [5, 5.41) is 14.0. The van der Waals surface area contributed by atoms with Gasteiger partial charge in [-0.15, -0.1) is 10.2 Å². The molecule has 2 aliphatic rings. The highest BCUT2D eigenvalue weighted by Gasteiger charge is 2.18. The molecule has 0 amide bonds. The minimum atomic E-state index is 0.355. The summed E-state index contributed by atoms with van der Waals surface area (Å²) in [4.78, 5) is 3.09. The first-order chi connectivity index (χ1) is 6.42. The lowest BCUT2D eigenvalue weighted by Gasteiger charge is -1.95. The summed E-state index contributed by atoms with van der Waals surface area (Å²) >= 11 is 0. The highest BCUT2D eigenvalue weighted by Crippen LogP contribution is 2.18. The molecule has 62 valence electrons. The number of hydrogen-bond acceptors (Lipinski definition) is 4. The lowest BCUT2D eigenvalue weighted by molar-refractivity contribution is -0.00233. The minimum Gasteiger partial charge on any atom is -0.361 e. The fraction of sp³-hybridized carbons (Fsp3) is 0. The molecule has 1 aliphatic carbocycles. The smallest absolute Gasteiger partial charge is 0.326 e. The number of nitrogens with zero attached hydrogens (tertiary/aromatic N) is 6. The monoisotopic (exact) mass is 172 g/mol. The van der Waals surface area contributed by atoms with Crippen LogP contribution in [0.3, 0.4) is 0 Å². The maximum Gasteiger partial charge on any atom is 0.326 e. The van der Waals surface area contributed by atoms with Gasteiger partial charge < -0.3 is 5.53 Å². The maximum atomic E-state index is 8.65. The Bertz CT molecular complexity index is 416. The van der Waals surface area contributed by atoms with E-state index in [-0.39, 0.29) is 0 Å². The van der Waals surface area contributed by atoms with Crippen LogP contribution in [-0.2, 0) is 0 Å². The van der Waals surface area contributed by atoms with Gasteiger partial charge in [-0.3, -0.25) is 0 Å². The second-order valence-electron chi connectivity index (χ2n) is 2.32. The first-order valence-electron chi connectivity index (χ1n) is 3.55. The average molecular weight is 172 g/mol. The Morgan fingerprint density at radius 1 is 1.08 bits per heavy atom. The molecule has 13 heavy (non-hydrogen) atoms. The van der Waals surface area contributed by atoms with Crippen LogP contribution in [0.2, 0.25) is 0 Å². The van der Waals surface area contributed by atoms with Crippen molar-refractivity contribution >= 4 is 5.71 Å². The third-order valence-corrected chi connectivity index (χ3v) is 1.57. The van der Waals surface area contributed by atoms with E-state index in [9.17, 15) is 0 Å². The van der Waals surface area contributed by atoms with E-state index in [0.717, 1.165) is 0 Å². The molecule has 0 aromatic carbocycles. The normalized spacial score (nSPS) is 18.6. The lowest BCUT2D eigenvalue weighted by Crippen LogP contribution is -2.02. The molecular formula is C7H4N6. The summed E-state index contributed by atoms with van der Waals surface area (Å²) in [7, 11) is 0. The van der Waals surface area contributed by atoms with Gasteiger partial charge in [0.15, 0.2) is 0 Å². The molecule has 1 heterocycles. The average Bonchev–Trinajstić information content (AvgIpc) is 2.70. The predicted octanol–water partition coefficient (Wildman–Crippen LogP) is 1.83. The van der Waals surface area contributed by atoms with Crippen molar-refractivity contribution in [3.05, 3.63) is 41.2 Å². The van der Waals surface area contributed by atoms with Crippen LogP contribution in [0.5, 0.6) is 0 Å². The van der Waals surface area contributed by atoms with Gasteiger partial charge in [-0.1, -0.05) is 12.2 Å². The van der Waals surface area contributed by atoms with Gasteiger partial charge >= 0.3 is 5.71 Å². The van der Waals surface area contributed by atoms with Gasteiger partial charge in [-0.2, -0.15) is 4.79 Å². The predicted molar refractivity (Wildman–Crippen MR) is 43.6 cm³/mol. The van der Waals surface area contributed by atoms with Crippen molar-refractivity contribution in [2.24, 2.45) is 20.7 Å². The van der Waals surface area contributed by atoms with Gasteiger partial charge in [0.1, 0.15) is 5.57 Å². The summed E-state index contributed by atoms with van der Waals surface area (Å²) in [6, 6.07) is 0. The van der Waals surface area contributed by atoms with Crippen molar-refractivity contribution in [1.29, 1.82) is 0 Å². The Labute approximate surface area is 73.3 Å². The van der Waals surface area contributed by atoms with Crippen LogP contribution in [0.1, 0.15) is 0 Å². The lowest BCUT2D eigenvalue weighted by atomic mass is 10.1. The number of allylic oxidation sites excluding steroid dienone is 5. The molecule has 0 N–H and O–H groups in total. The van der Waals surface area contributed by atoms with Crippen LogP contribution < -0.4 is 0 Å². The summed E-state index contributed by atoms with van der Waals surface area (Å²) < 4.78 is 0. The van der Waals surface area contributed by atoms with Crippen molar-refractivity contribution < 1.29 is 4.79 Å². The van der Waals surface area contributed by atoms with Crippen LogP contribution in [0.15, 0.2) is 56.4 Å². The highest BCUT2D eigenvalue weighted by atomic mass is 15.5. The molecule has 0 aromatic rings. The first kappa shape index (κ1) is 7.45. The second kappa shape index (κ2) is 3.04.